The molecule has 0 saturated heterocycles. The van der Waals surface area contributed by atoms with Crippen LogP contribution in [-0.4, -0.2) is 19.7 Å². The second-order valence-corrected chi connectivity index (χ2v) is 6.65. The van der Waals surface area contributed by atoms with Gasteiger partial charge >= 0.3 is 0 Å². The van der Waals surface area contributed by atoms with Gasteiger partial charge in [0.1, 0.15) is 5.75 Å². The van der Waals surface area contributed by atoms with Crippen molar-refractivity contribution in [3.05, 3.63) is 89.0 Å². The predicted octanol–water partition coefficient (Wildman–Crippen LogP) is 5.33. The summed E-state index contributed by atoms with van der Waals surface area (Å²) in [5, 5.41) is 2.02. The van der Waals surface area contributed by atoms with E-state index in [1.807, 2.05) is 30.5 Å². The van der Waals surface area contributed by atoms with Gasteiger partial charge in [0.05, 0.1) is 12.8 Å². The van der Waals surface area contributed by atoms with Crippen LogP contribution in [0.15, 0.2) is 82.8 Å². The summed E-state index contributed by atoms with van der Waals surface area (Å²) < 4.78 is 5.31. The summed E-state index contributed by atoms with van der Waals surface area (Å²) in [4.78, 5) is 4.34. The Kier molecular flexibility index (Phi) is 8.19. The molecule has 2 unspecified atom stereocenters. The molecule has 2 atom stereocenters. The molecule has 2 N–H and O–H groups in total. The van der Waals surface area contributed by atoms with Crippen molar-refractivity contribution in [2.24, 2.45) is 10.7 Å². The van der Waals surface area contributed by atoms with Crippen molar-refractivity contribution in [1.29, 1.82) is 0 Å². The van der Waals surface area contributed by atoms with E-state index in [1.165, 1.54) is 17.3 Å². The number of nitrogens with two attached hydrogens (primary N) is 1. The summed E-state index contributed by atoms with van der Waals surface area (Å²) in [5.41, 5.74) is 8.99. The van der Waals surface area contributed by atoms with Crippen LogP contribution in [0.25, 0.3) is 0 Å². The minimum Gasteiger partial charge on any atom is -0.497 e. The SMILES string of the molecule is C=N/C(=C\SCN)C(c1ccc(OC)cc1)C(/C=C/C)c1ccccc1. The van der Waals surface area contributed by atoms with Crippen LogP contribution in [0, 0.1) is 0 Å². The van der Waals surface area contributed by atoms with Crippen molar-refractivity contribution in [1.82, 2.24) is 0 Å². The molecule has 2 aromatic carbocycles. The lowest BCUT2D eigenvalue weighted by atomic mass is 9.79. The Hall–Kier alpha value is -2.30. The van der Waals surface area contributed by atoms with E-state index in [0.29, 0.717) is 5.88 Å². The summed E-state index contributed by atoms with van der Waals surface area (Å²) in [6.45, 7) is 5.85. The molecular formula is C22H26N2OS. The summed E-state index contributed by atoms with van der Waals surface area (Å²) in [5.74, 6) is 1.53. The van der Waals surface area contributed by atoms with Crippen LogP contribution in [0.5, 0.6) is 5.75 Å². The molecule has 0 amide bonds. The van der Waals surface area contributed by atoms with Crippen LogP contribution in [0.1, 0.15) is 29.9 Å². The summed E-state index contributed by atoms with van der Waals surface area (Å²) in [6, 6.07) is 18.6. The molecule has 4 heteroatoms. The molecule has 0 fully saturated rings. The van der Waals surface area contributed by atoms with E-state index >= 15 is 0 Å². The smallest absolute Gasteiger partial charge is 0.118 e. The maximum absolute atomic E-state index is 5.68. The molecule has 0 radical (unpaired) electrons. The number of nitrogens with zero attached hydrogens (tertiary/aromatic N) is 1. The van der Waals surface area contributed by atoms with Crippen LogP contribution >= 0.6 is 11.8 Å². The van der Waals surface area contributed by atoms with Crippen molar-refractivity contribution in [2.75, 3.05) is 13.0 Å². The Morgan fingerprint density at radius 2 is 1.85 bits per heavy atom. The van der Waals surface area contributed by atoms with Crippen molar-refractivity contribution in [2.45, 2.75) is 18.8 Å². The summed E-state index contributed by atoms with van der Waals surface area (Å²) in [7, 11) is 1.67. The van der Waals surface area contributed by atoms with Crippen LogP contribution < -0.4 is 10.5 Å². The number of aliphatic imine (C=N–C) groups is 1. The van der Waals surface area contributed by atoms with Crippen LogP contribution in [0.2, 0.25) is 0 Å². The molecule has 0 aliphatic carbocycles. The molecule has 0 aromatic heterocycles. The Morgan fingerprint density at radius 1 is 1.15 bits per heavy atom. The second-order valence-electron chi connectivity index (χ2n) is 5.75. The lowest BCUT2D eigenvalue weighted by Gasteiger charge is -2.26. The van der Waals surface area contributed by atoms with Gasteiger partial charge in [0.2, 0.25) is 0 Å². The molecule has 0 heterocycles. The number of methoxy groups -OCH3 is 1. The first-order valence-electron chi connectivity index (χ1n) is 8.55. The maximum Gasteiger partial charge on any atom is 0.118 e. The van der Waals surface area contributed by atoms with E-state index in [2.05, 4.69) is 60.3 Å². The third-order valence-corrected chi connectivity index (χ3v) is 4.82. The van der Waals surface area contributed by atoms with E-state index in [-0.39, 0.29) is 11.8 Å². The van der Waals surface area contributed by atoms with Gasteiger partial charge in [-0.05, 0) is 42.3 Å². The fourth-order valence-corrected chi connectivity index (χ4v) is 3.50. The second kappa shape index (κ2) is 10.6. The first-order chi connectivity index (χ1) is 12.7. The summed E-state index contributed by atoms with van der Waals surface area (Å²) >= 11 is 1.54. The molecule has 136 valence electrons. The van der Waals surface area contributed by atoms with Gasteiger partial charge in [-0.2, -0.15) is 0 Å². The van der Waals surface area contributed by atoms with Gasteiger partial charge < -0.3 is 10.5 Å². The number of allylic oxidation sites excluding steroid dienone is 3. The highest BCUT2D eigenvalue weighted by molar-refractivity contribution is 8.02. The van der Waals surface area contributed by atoms with Crippen molar-refractivity contribution < 1.29 is 4.74 Å². The molecule has 0 saturated carbocycles. The topological polar surface area (TPSA) is 47.6 Å². The van der Waals surface area contributed by atoms with Gasteiger partial charge in [-0.1, -0.05) is 54.6 Å². The lowest BCUT2D eigenvalue weighted by Crippen LogP contribution is -2.12. The molecule has 0 aliphatic rings. The monoisotopic (exact) mass is 366 g/mol. The van der Waals surface area contributed by atoms with Crippen molar-refractivity contribution in [3.63, 3.8) is 0 Å². The molecule has 0 aliphatic heterocycles. The third kappa shape index (κ3) is 5.10. The number of benzene rings is 2. The van der Waals surface area contributed by atoms with Crippen molar-refractivity contribution >= 4 is 18.5 Å². The molecular weight excluding hydrogens is 340 g/mol. The molecule has 0 bridgehead atoms. The van der Waals surface area contributed by atoms with Gasteiger partial charge in [-0.3, -0.25) is 4.99 Å². The third-order valence-electron chi connectivity index (χ3n) is 4.22. The maximum atomic E-state index is 5.68. The largest absolute Gasteiger partial charge is 0.497 e. The molecule has 3 nitrogen and oxygen atoms in total. The van der Waals surface area contributed by atoms with Crippen LogP contribution in [0.4, 0.5) is 0 Å². The quantitative estimate of drug-likeness (QED) is 0.371. The average molecular weight is 367 g/mol. The zero-order valence-corrected chi connectivity index (χ0v) is 16.2. The number of hydrogen-bond donors (Lipinski definition) is 1. The van der Waals surface area contributed by atoms with Gasteiger partial charge in [0.15, 0.2) is 0 Å². The van der Waals surface area contributed by atoms with E-state index in [1.54, 1.807) is 7.11 Å². The van der Waals surface area contributed by atoms with Crippen LogP contribution in [-0.2, 0) is 0 Å². The number of hydrogen-bond acceptors (Lipinski definition) is 4. The molecule has 2 aromatic rings. The molecule has 26 heavy (non-hydrogen) atoms. The highest BCUT2D eigenvalue weighted by Gasteiger charge is 2.26. The van der Waals surface area contributed by atoms with Gasteiger partial charge in [0, 0.05) is 17.7 Å². The van der Waals surface area contributed by atoms with E-state index in [9.17, 15) is 0 Å². The zero-order chi connectivity index (χ0) is 18.8. The first-order valence-corrected chi connectivity index (χ1v) is 9.60. The Morgan fingerprint density at radius 3 is 2.38 bits per heavy atom. The Bertz CT molecular complexity index is 738. The Labute approximate surface area is 160 Å². The fourth-order valence-electron chi connectivity index (χ4n) is 3.01. The number of rotatable bonds is 9. The Balaban J connectivity index is 2.57. The summed E-state index contributed by atoms with van der Waals surface area (Å²) in [6.07, 6.45) is 4.31. The predicted molar refractivity (Wildman–Crippen MR) is 114 cm³/mol. The average Bonchev–Trinajstić information content (AvgIpc) is 2.71. The standard InChI is InChI=1S/C22H26N2OS/c1-4-8-20(17-9-6-5-7-10-17)22(21(24-2)15-26-16-23)18-11-13-19(25-3)14-12-18/h4-15,20,22H,2,16,23H2,1,3H3/b8-4+,21-15-. The van der Waals surface area contributed by atoms with Crippen molar-refractivity contribution in [3.8, 4) is 5.75 Å². The fraction of sp³-hybridized carbons (Fsp3) is 0.227. The van der Waals surface area contributed by atoms with E-state index in [0.717, 1.165) is 17.0 Å². The normalized spacial score (nSPS) is 14.2. The number of thioether (sulfide) groups is 1. The molecule has 0 spiro atoms. The van der Waals surface area contributed by atoms with Gasteiger partial charge in [-0.15, -0.1) is 11.8 Å². The van der Waals surface area contributed by atoms with E-state index in [4.69, 9.17) is 10.5 Å². The lowest BCUT2D eigenvalue weighted by molar-refractivity contribution is 0.414. The first kappa shape index (κ1) is 20.0. The minimum absolute atomic E-state index is 0.0380. The van der Waals surface area contributed by atoms with Crippen LogP contribution in [0.3, 0.4) is 0 Å². The highest BCUT2D eigenvalue weighted by atomic mass is 32.2. The minimum atomic E-state index is 0.0380. The van der Waals surface area contributed by atoms with Gasteiger partial charge in [-0.25, -0.2) is 0 Å². The van der Waals surface area contributed by atoms with Gasteiger partial charge in [0.25, 0.3) is 0 Å². The number of ether oxygens (including phenoxy) is 1. The highest BCUT2D eigenvalue weighted by Crippen LogP contribution is 2.41. The zero-order valence-electron chi connectivity index (χ0n) is 15.3. The molecule has 2 rings (SSSR count). The van der Waals surface area contributed by atoms with E-state index < -0.39 is 0 Å².